The van der Waals surface area contributed by atoms with Crippen LogP contribution < -0.4 is 0 Å². The van der Waals surface area contributed by atoms with Gasteiger partial charge in [-0.2, -0.15) is 83.4 Å². The molecule has 0 nitrogen and oxygen atoms in total. The molecule has 0 fully saturated rings. The second-order valence-corrected chi connectivity index (χ2v) is 14.3. The van der Waals surface area contributed by atoms with Gasteiger partial charge in [-0.1, -0.05) is 161 Å². The van der Waals surface area contributed by atoms with E-state index in [1.807, 2.05) is 48.5 Å². The Balaban J connectivity index is 0.000000291. The first-order valence-corrected chi connectivity index (χ1v) is 20.3. The zero-order valence-electron chi connectivity index (χ0n) is 33.2. The molecule has 0 spiro atoms. The Hall–Kier alpha value is -3.87. The van der Waals surface area contributed by atoms with Crippen molar-refractivity contribution < 1.29 is 24.2 Å². The zero-order chi connectivity index (χ0) is 38.1. The molecule has 55 heavy (non-hydrogen) atoms. The van der Waals surface area contributed by atoms with E-state index in [1.165, 1.54) is 98.3 Å². The van der Waals surface area contributed by atoms with E-state index in [4.69, 9.17) is 0 Å². The summed E-state index contributed by atoms with van der Waals surface area (Å²) in [6.45, 7) is 13.1. The van der Waals surface area contributed by atoms with E-state index in [2.05, 4.69) is 173 Å². The van der Waals surface area contributed by atoms with E-state index < -0.39 is 0 Å². The van der Waals surface area contributed by atoms with Gasteiger partial charge >= 0.3 is 28.4 Å². The molecule has 8 rings (SSSR count). The van der Waals surface area contributed by atoms with E-state index >= 15 is 0 Å². The van der Waals surface area contributed by atoms with Crippen molar-refractivity contribution in [2.75, 3.05) is 0 Å². The number of aryl methyl sites for hydroxylation is 2. The van der Waals surface area contributed by atoms with Crippen molar-refractivity contribution in [2.24, 2.45) is 11.3 Å². The molecule has 0 aliphatic heterocycles. The Bertz CT molecular complexity index is 1900. The molecule has 6 aromatic carbocycles. The third-order valence-corrected chi connectivity index (χ3v) is 9.05. The van der Waals surface area contributed by atoms with E-state index in [0.717, 1.165) is 6.42 Å². The topological polar surface area (TPSA) is 0 Å². The van der Waals surface area contributed by atoms with Crippen LogP contribution in [0.1, 0.15) is 62.8 Å². The van der Waals surface area contributed by atoms with Gasteiger partial charge in [0.1, 0.15) is 0 Å². The van der Waals surface area contributed by atoms with Crippen molar-refractivity contribution in [3.63, 3.8) is 0 Å². The van der Waals surface area contributed by atoms with Crippen LogP contribution in [-0.4, -0.2) is 4.21 Å². The van der Waals surface area contributed by atoms with Crippen LogP contribution in [0.3, 0.4) is 0 Å². The molecule has 0 saturated heterocycles. The van der Waals surface area contributed by atoms with Gasteiger partial charge < -0.3 is 0 Å². The molecule has 1 unspecified atom stereocenters. The molecular weight excluding hydrogens is 787 g/mol. The van der Waals surface area contributed by atoms with Crippen LogP contribution in [0.15, 0.2) is 157 Å². The molecule has 284 valence electrons. The monoisotopic (exact) mass is 838 g/mol. The predicted octanol–water partition coefficient (Wildman–Crippen LogP) is 14.5. The Morgan fingerprint density at radius 3 is 1.65 bits per heavy atom. The molecule has 6 aromatic rings. The third-order valence-electron chi connectivity index (χ3n) is 9.05. The van der Waals surface area contributed by atoms with Crippen molar-refractivity contribution in [1.82, 2.24) is 0 Å². The summed E-state index contributed by atoms with van der Waals surface area (Å²) < 4.78 is 3.34. The summed E-state index contributed by atoms with van der Waals surface area (Å²) in [6.07, 6.45) is 11.4. The number of hydrogen-bond donors (Lipinski definition) is 0. The van der Waals surface area contributed by atoms with Gasteiger partial charge in [0.05, 0.1) is 0 Å². The smallest absolute Gasteiger partial charge is 0.0181 e. The normalized spacial score (nSPS) is 12.7. The summed E-state index contributed by atoms with van der Waals surface area (Å²) in [4.78, 5) is 0. The maximum atomic E-state index is 3.65. The fourth-order valence-corrected chi connectivity index (χ4v) is 6.11. The Morgan fingerprint density at radius 1 is 0.655 bits per heavy atom. The summed E-state index contributed by atoms with van der Waals surface area (Å²) in [6, 6.07) is 57.6. The van der Waals surface area contributed by atoms with Crippen LogP contribution >= 0.6 is 24.8 Å². The molecule has 3 heteroatoms. The van der Waals surface area contributed by atoms with Crippen LogP contribution in [0, 0.1) is 49.5 Å². The number of halogens is 2. The molecule has 0 bridgehead atoms. The van der Waals surface area contributed by atoms with E-state index in [1.54, 1.807) is 0 Å². The van der Waals surface area contributed by atoms with Crippen LogP contribution in [0.2, 0.25) is 0 Å². The number of benzene rings is 6. The average Bonchev–Trinajstić information content (AvgIpc) is 3.82. The second-order valence-electron chi connectivity index (χ2n) is 14.3. The Kier molecular flexibility index (Phi) is 21.2. The quantitative estimate of drug-likeness (QED) is 0.155. The van der Waals surface area contributed by atoms with Crippen molar-refractivity contribution in [2.45, 2.75) is 60.8 Å². The Labute approximate surface area is 360 Å². The van der Waals surface area contributed by atoms with E-state index in [9.17, 15) is 0 Å². The SMILES string of the molecule is CCCC1[C-]=CC(C(C)(C)C)=C1.Cc1cc[c-]cc1.Cc1cc[c-]cc1.Cl.Cl.[CH2]=[Zr].[c-]1c(-c2ccccc2)ccc2c1Cc1cc(-c3ccccc3)ccc1-2. The van der Waals surface area contributed by atoms with Gasteiger partial charge in [-0.05, 0) is 23.1 Å². The summed E-state index contributed by atoms with van der Waals surface area (Å²) in [5.41, 5.74) is 14.7. The van der Waals surface area contributed by atoms with Gasteiger partial charge in [0.25, 0.3) is 0 Å². The van der Waals surface area contributed by atoms with Crippen molar-refractivity contribution in [3.8, 4) is 33.4 Å². The summed E-state index contributed by atoms with van der Waals surface area (Å²) in [5.74, 6) is 0.587. The van der Waals surface area contributed by atoms with Gasteiger partial charge in [0, 0.05) is 0 Å². The van der Waals surface area contributed by atoms with E-state index in [0.29, 0.717) is 11.3 Å². The standard InChI is InChI=1S/C25H17.C12H19.2C7H7.CH2.2ClH.Zr/c1-3-7-18(8-4-1)20-11-13-24-22(15-20)17-23-16-21(12-14-25(23)24)19-9-5-2-6-10-19;1-5-6-10-7-8-11(9-10)12(2,3)4;2*1-7-5-3-2-4-6-7;;;;/h1-15H,17H2;8-10H,5-6H2,1-4H3;2*3-6H,1H3;1H2;2*1H;/q4*-1;;;;. The number of hydrogen-bond acceptors (Lipinski definition) is 0. The zero-order valence-corrected chi connectivity index (χ0v) is 37.2. The summed E-state index contributed by atoms with van der Waals surface area (Å²) in [5, 5.41) is 0. The van der Waals surface area contributed by atoms with Crippen molar-refractivity contribution >= 4 is 29.0 Å². The predicted molar refractivity (Wildman–Crippen MR) is 240 cm³/mol. The number of allylic oxidation sites excluding steroid dienone is 4. The van der Waals surface area contributed by atoms with Gasteiger partial charge in [0.2, 0.25) is 0 Å². The molecule has 0 heterocycles. The van der Waals surface area contributed by atoms with Crippen LogP contribution in [-0.2, 0) is 30.7 Å². The largest absolute Gasteiger partial charge is 0.143 e. The minimum absolute atomic E-state index is 0. The molecule has 2 aliphatic carbocycles. The summed E-state index contributed by atoms with van der Waals surface area (Å²) in [7, 11) is 0. The molecule has 0 radical (unpaired) electrons. The molecule has 1 atom stereocenters. The third kappa shape index (κ3) is 15.0. The molecule has 0 saturated carbocycles. The molecule has 0 aromatic heterocycles. The molecule has 0 amide bonds. The minimum atomic E-state index is 0. The number of rotatable bonds is 4. The fraction of sp³-hybridized carbons (Fsp3) is 0.212. The Morgan fingerprint density at radius 2 is 1.18 bits per heavy atom. The van der Waals surface area contributed by atoms with Gasteiger partial charge in [-0.3, -0.25) is 6.08 Å². The maximum Gasteiger partial charge on any atom is -0.0181 e. The molecular formula is C52H54Cl2Zr-4. The summed E-state index contributed by atoms with van der Waals surface area (Å²) >= 11 is 1.30. The molecule has 2 aliphatic rings. The second kappa shape index (κ2) is 24.6. The first-order chi connectivity index (χ1) is 25.7. The van der Waals surface area contributed by atoms with E-state index in [-0.39, 0.29) is 24.8 Å². The van der Waals surface area contributed by atoms with Crippen LogP contribution in [0.4, 0.5) is 0 Å². The van der Waals surface area contributed by atoms with Crippen molar-refractivity contribution in [1.29, 1.82) is 0 Å². The minimum Gasteiger partial charge on any atom is -0.143 e. The van der Waals surface area contributed by atoms with Crippen LogP contribution in [0.5, 0.6) is 0 Å². The van der Waals surface area contributed by atoms with Gasteiger partial charge in [0.15, 0.2) is 0 Å². The number of fused-ring (bicyclic) bond motifs is 3. The fourth-order valence-electron chi connectivity index (χ4n) is 6.11. The first kappa shape index (κ1) is 47.3. The van der Waals surface area contributed by atoms with Crippen molar-refractivity contribution in [3.05, 3.63) is 204 Å². The first-order valence-electron chi connectivity index (χ1n) is 18.5. The van der Waals surface area contributed by atoms with Gasteiger partial charge in [-0.25, -0.2) is 6.08 Å². The average molecular weight is 841 g/mol. The molecule has 0 N–H and O–H groups in total. The van der Waals surface area contributed by atoms with Crippen LogP contribution in [0.25, 0.3) is 33.4 Å². The van der Waals surface area contributed by atoms with Gasteiger partial charge in [-0.15, -0.1) is 54.1 Å². The maximum absolute atomic E-state index is 3.65.